The van der Waals surface area contributed by atoms with Gasteiger partial charge in [0.1, 0.15) is 0 Å². The minimum Gasteiger partial charge on any atom is -0.103 e. The molecule has 0 heterocycles. The first-order valence-electron chi connectivity index (χ1n) is 18.4. The third-order valence-electron chi connectivity index (χ3n) is 17.2. The molecule has 0 spiro atoms. The van der Waals surface area contributed by atoms with Crippen LogP contribution in [0.25, 0.3) is 0 Å². The molecule has 0 N–H and O–H groups in total. The molecule has 0 radical (unpaired) electrons. The maximum Gasteiger partial charge on any atom is -0.0144 e. The molecule has 0 nitrogen and oxygen atoms in total. The number of fused-ring (bicyclic) bond motifs is 6. The molecule has 0 heteroatoms. The van der Waals surface area contributed by atoms with Gasteiger partial charge in [-0.3, -0.25) is 0 Å². The van der Waals surface area contributed by atoms with Crippen LogP contribution in [-0.2, 0) is 0 Å². The summed E-state index contributed by atoms with van der Waals surface area (Å²) >= 11 is 0. The van der Waals surface area contributed by atoms with Gasteiger partial charge in [-0.15, -0.1) is 6.58 Å². The van der Waals surface area contributed by atoms with Crippen molar-refractivity contribution in [2.45, 2.75) is 152 Å². The molecule has 0 aromatic rings. The maximum atomic E-state index is 4.17. The quantitative estimate of drug-likeness (QED) is 0.308. The first-order valence-corrected chi connectivity index (χ1v) is 18.4. The molecule has 7 rings (SSSR count). The number of allylic oxidation sites excluding steroid dienone is 1. The van der Waals surface area contributed by atoms with Gasteiger partial charge in [0.25, 0.3) is 0 Å². The Labute approximate surface area is 250 Å². The van der Waals surface area contributed by atoms with Crippen molar-refractivity contribution in [1.82, 2.24) is 0 Å². The summed E-state index contributed by atoms with van der Waals surface area (Å²) in [6.07, 6.45) is 23.1. The Morgan fingerprint density at radius 1 is 0.775 bits per heavy atom. The van der Waals surface area contributed by atoms with E-state index in [0.717, 1.165) is 64.6 Å². The molecule has 0 bridgehead atoms. The molecule has 7 aliphatic rings. The van der Waals surface area contributed by atoms with Gasteiger partial charge in [-0.2, -0.15) is 0 Å². The smallest absolute Gasteiger partial charge is 0.0144 e. The van der Waals surface area contributed by atoms with Crippen LogP contribution in [0.4, 0.5) is 0 Å². The minimum absolute atomic E-state index is 0.413. The minimum atomic E-state index is 0.413. The van der Waals surface area contributed by atoms with Crippen molar-refractivity contribution in [3.05, 3.63) is 12.7 Å². The molecule has 14 unspecified atom stereocenters. The summed E-state index contributed by atoms with van der Waals surface area (Å²) in [6.45, 7) is 27.2. The van der Waals surface area contributed by atoms with Gasteiger partial charge in [-0.1, -0.05) is 87.7 Å². The lowest BCUT2D eigenvalue weighted by Crippen LogP contribution is -2.62. The number of hydrogen-bond acceptors (Lipinski definition) is 0. The molecule has 0 aliphatic heterocycles. The van der Waals surface area contributed by atoms with Gasteiger partial charge < -0.3 is 0 Å². The van der Waals surface area contributed by atoms with Crippen molar-refractivity contribution in [3.8, 4) is 0 Å². The Morgan fingerprint density at radius 3 is 2.08 bits per heavy atom. The fraction of sp³-hybridized carbons (Fsp3) is 0.950. The van der Waals surface area contributed by atoms with Crippen molar-refractivity contribution in [1.29, 1.82) is 0 Å². The molecule has 228 valence electrons. The van der Waals surface area contributed by atoms with E-state index in [9.17, 15) is 0 Å². The Balaban J connectivity index is 0.000000145. The molecule has 0 amide bonds. The molecular weight excluding hydrogens is 480 g/mol. The molecule has 0 aromatic carbocycles. The third-order valence-corrected chi connectivity index (χ3v) is 17.2. The van der Waals surface area contributed by atoms with Crippen LogP contribution in [0.1, 0.15) is 152 Å². The maximum absolute atomic E-state index is 4.17. The Kier molecular flexibility index (Phi) is 7.36. The fourth-order valence-corrected chi connectivity index (χ4v) is 14.8. The van der Waals surface area contributed by atoms with Gasteiger partial charge >= 0.3 is 0 Å². The van der Waals surface area contributed by atoms with Crippen LogP contribution in [0.3, 0.4) is 0 Å². The van der Waals surface area contributed by atoms with E-state index in [2.05, 4.69) is 75.0 Å². The monoisotopic (exact) mass is 549 g/mol. The fourth-order valence-electron chi connectivity index (χ4n) is 14.8. The molecule has 14 atom stereocenters. The lowest BCUT2D eigenvalue weighted by Gasteiger charge is -2.68. The Morgan fingerprint density at radius 2 is 1.43 bits per heavy atom. The Hall–Kier alpha value is -0.260. The number of rotatable bonds is 3. The van der Waals surface area contributed by atoms with E-state index in [-0.39, 0.29) is 0 Å². The van der Waals surface area contributed by atoms with E-state index >= 15 is 0 Å². The predicted octanol–water partition coefficient (Wildman–Crippen LogP) is 12.0. The molecule has 40 heavy (non-hydrogen) atoms. The summed E-state index contributed by atoms with van der Waals surface area (Å²) < 4.78 is 0. The van der Waals surface area contributed by atoms with Crippen molar-refractivity contribution < 1.29 is 0 Å². The van der Waals surface area contributed by atoms with Gasteiger partial charge in [0.05, 0.1) is 0 Å². The van der Waals surface area contributed by atoms with Gasteiger partial charge in [-0.25, -0.2) is 0 Å². The second-order valence-electron chi connectivity index (χ2n) is 18.9. The van der Waals surface area contributed by atoms with Crippen molar-refractivity contribution in [2.75, 3.05) is 0 Å². The van der Waals surface area contributed by atoms with Crippen LogP contribution in [0, 0.1) is 86.3 Å². The zero-order valence-electron chi connectivity index (χ0n) is 28.5. The zero-order chi connectivity index (χ0) is 28.9. The number of hydrogen-bond donors (Lipinski definition) is 0. The first-order chi connectivity index (χ1) is 18.8. The highest BCUT2D eigenvalue weighted by Gasteiger charge is 2.70. The van der Waals surface area contributed by atoms with Crippen LogP contribution in [0.15, 0.2) is 12.7 Å². The van der Waals surface area contributed by atoms with Gasteiger partial charge in [-0.05, 0) is 157 Å². The average Bonchev–Trinajstić information content (AvgIpc) is 3.44. The summed E-state index contributed by atoms with van der Waals surface area (Å²) in [6, 6.07) is 0. The van der Waals surface area contributed by atoms with Crippen molar-refractivity contribution in [2.24, 2.45) is 86.3 Å². The van der Waals surface area contributed by atoms with Crippen molar-refractivity contribution in [3.63, 3.8) is 0 Å². The summed E-state index contributed by atoms with van der Waals surface area (Å²) in [5.41, 5.74) is 3.09. The molecule has 0 saturated heterocycles. The molecular formula is C40H68. The summed E-state index contributed by atoms with van der Waals surface area (Å²) in [5, 5.41) is 0. The van der Waals surface area contributed by atoms with E-state index in [1.807, 2.05) is 0 Å². The van der Waals surface area contributed by atoms with E-state index in [1.165, 1.54) is 70.6 Å². The summed E-state index contributed by atoms with van der Waals surface area (Å²) in [7, 11) is 0. The van der Waals surface area contributed by atoms with Crippen LogP contribution in [0.5, 0.6) is 0 Å². The highest BCUT2D eigenvalue weighted by Crippen LogP contribution is 2.77. The normalized spacial score (nSPS) is 58.0. The lowest BCUT2D eigenvalue weighted by molar-refractivity contribution is -0.199. The van der Waals surface area contributed by atoms with Gasteiger partial charge in [0.15, 0.2) is 0 Å². The van der Waals surface area contributed by atoms with E-state index in [0.29, 0.717) is 21.7 Å². The zero-order valence-corrected chi connectivity index (χ0v) is 28.5. The molecule has 0 aromatic heterocycles. The van der Waals surface area contributed by atoms with E-state index in [4.69, 9.17) is 0 Å². The van der Waals surface area contributed by atoms with Crippen LogP contribution < -0.4 is 0 Å². The van der Waals surface area contributed by atoms with Gasteiger partial charge in [0, 0.05) is 0 Å². The standard InChI is InChI=1S/2C20H34/c1-12(2)14-8-9-16-18-17-13(3)6-7-15(17)20(18,5)11-10-19(14,16)4;1-6-18(3)13-15-9-8-10-17-19(4,7-2)12-11-16(14-18)20(15,17)5/h12-18H,6-11H2,1-5H3;6,15-17H,1,7-14H2,2-5H3. The van der Waals surface area contributed by atoms with Gasteiger partial charge in [0.2, 0.25) is 0 Å². The highest BCUT2D eigenvalue weighted by molar-refractivity contribution is 5.18. The lowest BCUT2D eigenvalue weighted by atomic mass is 9.37. The van der Waals surface area contributed by atoms with E-state index in [1.54, 1.807) is 19.3 Å². The third kappa shape index (κ3) is 4.01. The average molecular weight is 549 g/mol. The molecule has 7 aliphatic carbocycles. The van der Waals surface area contributed by atoms with Crippen LogP contribution >= 0.6 is 0 Å². The Bertz CT molecular complexity index is 949. The second kappa shape index (κ2) is 9.88. The SMILES string of the molecule is C=CC1(C)CC2CCCC3C(C)(CC)CCC(C1)C23C.CC(C)C1CCC2C3C4C(C)CCC4C3(C)CCC12C. The first kappa shape index (κ1) is 29.8. The van der Waals surface area contributed by atoms with Crippen molar-refractivity contribution >= 4 is 0 Å². The summed E-state index contributed by atoms with van der Waals surface area (Å²) in [5.74, 6) is 10.2. The molecule has 7 fully saturated rings. The topological polar surface area (TPSA) is 0 Å². The molecule has 7 saturated carbocycles. The summed E-state index contributed by atoms with van der Waals surface area (Å²) in [4.78, 5) is 0. The predicted molar refractivity (Wildman–Crippen MR) is 173 cm³/mol. The van der Waals surface area contributed by atoms with Crippen LogP contribution in [-0.4, -0.2) is 0 Å². The largest absolute Gasteiger partial charge is 0.103 e. The van der Waals surface area contributed by atoms with Crippen LogP contribution in [0.2, 0.25) is 0 Å². The second-order valence-corrected chi connectivity index (χ2v) is 18.9. The van der Waals surface area contributed by atoms with E-state index < -0.39 is 0 Å². The highest BCUT2D eigenvalue weighted by atomic mass is 14.7.